The molecule has 1 heteroatoms. The fourth-order valence-corrected chi connectivity index (χ4v) is 0.744. The van der Waals surface area contributed by atoms with Crippen molar-refractivity contribution in [1.29, 1.82) is 0 Å². The van der Waals surface area contributed by atoms with E-state index in [-0.39, 0.29) is 0 Å². The average Bonchev–Trinajstić information content (AvgIpc) is 1.97. The number of rotatable bonds is 6. The van der Waals surface area contributed by atoms with Crippen molar-refractivity contribution in [3.63, 3.8) is 0 Å². The summed E-state index contributed by atoms with van der Waals surface area (Å²) >= 11 is 0. The Morgan fingerprint density at radius 2 is 2.10 bits per heavy atom. The van der Waals surface area contributed by atoms with Crippen LogP contribution in [-0.4, -0.2) is 6.29 Å². The van der Waals surface area contributed by atoms with Gasteiger partial charge in [-0.1, -0.05) is 19.1 Å². The third-order valence-electron chi connectivity index (χ3n) is 1.30. The predicted molar refractivity (Wildman–Crippen MR) is 43.6 cm³/mol. The first-order chi connectivity index (χ1) is 4.91. The molecule has 10 heavy (non-hydrogen) atoms. The molecule has 0 atom stereocenters. The van der Waals surface area contributed by atoms with Gasteiger partial charge >= 0.3 is 0 Å². The number of hydrogen-bond donors (Lipinski definition) is 0. The van der Waals surface area contributed by atoms with Crippen LogP contribution >= 0.6 is 0 Å². The van der Waals surface area contributed by atoms with Gasteiger partial charge in [-0.15, -0.1) is 0 Å². The van der Waals surface area contributed by atoms with Gasteiger partial charge < -0.3 is 0 Å². The summed E-state index contributed by atoms with van der Waals surface area (Å²) in [5.74, 6) is 0. The molecule has 57 valence electrons. The van der Waals surface area contributed by atoms with E-state index in [9.17, 15) is 4.79 Å². The smallest absolute Gasteiger partial charge is 0.198 e. The largest absolute Gasteiger partial charge is 0.291 e. The molecule has 0 aromatic rings. The molecular formula is C9H15O. The van der Waals surface area contributed by atoms with Gasteiger partial charge in [0, 0.05) is 6.42 Å². The van der Waals surface area contributed by atoms with Crippen molar-refractivity contribution in [1.82, 2.24) is 0 Å². The standard InChI is InChI=1S/C9H15O/c1-2-3-4-5-6-7-8-9-10/h3-4H,2,5-8H2,1H3/b4-3-. The lowest BCUT2D eigenvalue weighted by atomic mass is 10.2. The molecule has 0 saturated heterocycles. The van der Waals surface area contributed by atoms with Crippen molar-refractivity contribution in [2.75, 3.05) is 0 Å². The Balaban J connectivity index is 2.89. The third kappa shape index (κ3) is 7.41. The van der Waals surface area contributed by atoms with Crippen LogP contribution in [0.5, 0.6) is 0 Å². The molecule has 0 aromatic heterocycles. The molecule has 1 radical (unpaired) electrons. The molecule has 0 aromatic carbocycles. The van der Waals surface area contributed by atoms with Gasteiger partial charge in [-0.05, 0) is 25.7 Å². The third-order valence-corrected chi connectivity index (χ3v) is 1.30. The molecule has 0 fully saturated rings. The Morgan fingerprint density at radius 3 is 2.70 bits per heavy atom. The molecule has 1 nitrogen and oxygen atoms in total. The summed E-state index contributed by atoms with van der Waals surface area (Å²) in [6.45, 7) is 2.12. The summed E-state index contributed by atoms with van der Waals surface area (Å²) < 4.78 is 0. The minimum atomic E-state index is 0.597. The summed E-state index contributed by atoms with van der Waals surface area (Å²) in [6.07, 6.45) is 11.1. The van der Waals surface area contributed by atoms with E-state index in [1.165, 1.54) is 0 Å². The molecule has 0 N–H and O–H groups in total. The van der Waals surface area contributed by atoms with Crippen molar-refractivity contribution in [2.24, 2.45) is 0 Å². The van der Waals surface area contributed by atoms with Crippen LogP contribution in [0.1, 0.15) is 39.0 Å². The molecule has 0 unspecified atom stereocenters. The highest BCUT2D eigenvalue weighted by molar-refractivity contribution is 5.50. The highest BCUT2D eigenvalue weighted by Gasteiger charge is 1.83. The topological polar surface area (TPSA) is 17.1 Å². The fourth-order valence-electron chi connectivity index (χ4n) is 0.744. The summed E-state index contributed by atoms with van der Waals surface area (Å²) in [7, 11) is 0. The first-order valence-electron chi connectivity index (χ1n) is 3.91. The summed E-state index contributed by atoms with van der Waals surface area (Å²) in [6, 6.07) is 0. The molecule has 0 aliphatic heterocycles. The van der Waals surface area contributed by atoms with E-state index in [2.05, 4.69) is 19.1 Å². The van der Waals surface area contributed by atoms with E-state index < -0.39 is 0 Å². The van der Waals surface area contributed by atoms with Gasteiger partial charge in [0.25, 0.3) is 0 Å². The van der Waals surface area contributed by atoms with Crippen LogP contribution in [0.25, 0.3) is 0 Å². The van der Waals surface area contributed by atoms with Crippen LogP contribution in [0, 0.1) is 0 Å². The minimum Gasteiger partial charge on any atom is -0.291 e. The van der Waals surface area contributed by atoms with E-state index in [4.69, 9.17) is 0 Å². The zero-order valence-corrected chi connectivity index (χ0v) is 6.60. The van der Waals surface area contributed by atoms with Gasteiger partial charge in [0.15, 0.2) is 6.29 Å². The molecule has 0 amide bonds. The Hall–Kier alpha value is -0.590. The molecule has 0 bridgehead atoms. The molecule has 0 spiro atoms. The predicted octanol–water partition coefficient (Wildman–Crippen LogP) is 2.62. The van der Waals surface area contributed by atoms with E-state index in [1.807, 2.05) is 6.29 Å². The lowest BCUT2D eigenvalue weighted by Crippen LogP contribution is -1.75. The van der Waals surface area contributed by atoms with Crippen LogP contribution in [0.2, 0.25) is 0 Å². The maximum absolute atomic E-state index is 9.75. The normalized spacial score (nSPS) is 10.5. The second kappa shape index (κ2) is 8.41. The number of unbranched alkanes of at least 4 members (excludes halogenated alkanes) is 3. The van der Waals surface area contributed by atoms with Crippen molar-refractivity contribution in [2.45, 2.75) is 39.0 Å². The molecule has 0 aliphatic carbocycles. The van der Waals surface area contributed by atoms with Crippen LogP contribution in [-0.2, 0) is 4.79 Å². The lowest BCUT2D eigenvalue weighted by molar-refractivity contribution is 0.547. The summed E-state index contributed by atoms with van der Waals surface area (Å²) in [5.41, 5.74) is 0. The highest BCUT2D eigenvalue weighted by Crippen LogP contribution is 1.98. The molecular weight excluding hydrogens is 124 g/mol. The van der Waals surface area contributed by atoms with Crippen LogP contribution in [0.4, 0.5) is 0 Å². The second-order valence-corrected chi connectivity index (χ2v) is 2.27. The van der Waals surface area contributed by atoms with Crippen LogP contribution in [0.3, 0.4) is 0 Å². The van der Waals surface area contributed by atoms with Gasteiger partial charge in [0.2, 0.25) is 0 Å². The summed E-state index contributed by atoms with van der Waals surface area (Å²) in [5, 5.41) is 0. The second-order valence-electron chi connectivity index (χ2n) is 2.27. The van der Waals surface area contributed by atoms with Crippen LogP contribution in [0.15, 0.2) is 12.2 Å². The van der Waals surface area contributed by atoms with E-state index in [0.717, 1.165) is 25.7 Å². The molecule has 0 aliphatic rings. The zero-order valence-electron chi connectivity index (χ0n) is 6.60. The number of carbonyl (C=O) groups excluding carboxylic acids is 1. The maximum atomic E-state index is 9.75. The minimum absolute atomic E-state index is 0.597. The van der Waals surface area contributed by atoms with Gasteiger partial charge in [0.1, 0.15) is 0 Å². The number of hydrogen-bond acceptors (Lipinski definition) is 1. The Bertz CT molecular complexity index is 94.9. The first kappa shape index (κ1) is 9.41. The van der Waals surface area contributed by atoms with Crippen molar-refractivity contribution >= 4 is 6.29 Å². The Labute approximate surface area is 63.1 Å². The molecule has 0 rings (SSSR count). The van der Waals surface area contributed by atoms with Crippen LogP contribution < -0.4 is 0 Å². The first-order valence-corrected chi connectivity index (χ1v) is 3.91. The van der Waals surface area contributed by atoms with Gasteiger partial charge in [-0.3, -0.25) is 4.79 Å². The number of allylic oxidation sites excluding steroid dienone is 2. The van der Waals surface area contributed by atoms with Gasteiger partial charge in [-0.25, -0.2) is 0 Å². The highest BCUT2D eigenvalue weighted by atomic mass is 16.1. The van der Waals surface area contributed by atoms with Gasteiger partial charge in [-0.2, -0.15) is 0 Å². The van der Waals surface area contributed by atoms with Crippen molar-refractivity contribution < 1.29 is 4.79 Å². The molecule has 0 heterocycles. The molecule has 0 saturated carbocycles. The zero-order chi connectivity index (χ0) is 7.66. The Morgan fingerprint density at radius 1 is 1.30 bits per heavy atom. The lowest BCUT2D eigenvalue weighted by Gasteiger charge is -1.88. The maximum Gasteiger partial charge on any atom is 0.198 e. The quantitative estimate of drug-likeness (QED) is 0.408. The summed E-state index contributed by atoms with van der Waals surface area (Å²) in [4.78, 5) is 9.75. The van der Waals surface area contributed by atoms with E-state index >= 15 is 0 Å². The fraction of sp³-hybridized carbons (Fsp3) is 0.667. The Kier molecular flexibility index (Phi) is 7.91. The van der Waals surface area contributed by atoms with Crippen molar-refractivity contribution in [3.8, 4) is 0 Å². The monoisotopic (exact) mass is 139 g/mol. The average molecular weight is 139 g/mol. The van der Waals surface area contributed by atoms with Crippen molar-refractivity contribution in [3.05, 3.63) is 12.2 Å². The van der Waals surface area contributed by atoms with Gasteiger partial charge in [0.05, 0.1) is 0 Å². The van der Waals surface area contributed by atoms with E-state index in [1.54, 1.807) is 0 Å². The SMILES string of the molecule is CC/C=C\CCCC[C]=O. The van der Waals surface area contributed by atoms with E-state index in [0.29, 0.717) is 6.42 Å².